The number of rotatable bonds is 7. The molecule has 0 aliphatic heterocycles. The van der Waals surface area contributed by atoms with E-state index in [2.05, 4.69) is 15.6 Å². The highest BCUT2D eigenvalue weighted by Gasteiger charge is 2.06. The summed E-state index contributed by atoms with van der Waals surface area (Å²) in [5.41, 5.74) is 0. The third-order valence-electron chi connectivity index (χ3n) is 2.08. The van der Waals surface area contributed by atoms with Crippen LogP contribution in [-0.2, 0) is 22.6 Å². The molecular formula is C10H18N4O2. The number of ether oxygens (including phenoxy) is 1. The summed E-state index contributed by atoms with van der Waals surface area (Å²) in [5, 5.41) is 5.76. The predicted molar refractivity (Wildman–Crippen MR) is 59.9 cm³/mol. The van der Waals surface area contributed by atoms with Crippen LogP contribution in [0.2, 0.25) is 0 Å². The normalized spacial score (nSPS) is 10.4. The third-order valence-corrected chi connectivity index (χ3v) is 2.08. The van der Waals surface area contributed by atoms with Crippen molar-refractivity contribution in [3.8, 4) is 0 Å². The minimum atomic E-state index is -0.0348. The molecule has 16 heavy (non-hydrogen) atoms. The zero-order chi connectivity index (χ0) is 11.8. The first-order valence-corrected chi connectivity index (χ1v) is 5.18. The first-order valence-electron chi connectivity index (χ1n) is 5.18. The standard InChI is InChI=1S/C10H18N4O2/c1-11-7-9-12-3-5-14(9)8-10(15)13-4-6-16-2/h3,5,11H,4,6-8H2,1-2H3,(H,13,15). The maximum Gasteiger partial charge on any atom is 0.240 e. The van der Waals surface area contributed by atoms with Gasteiger partial charge in [0.1, 0.15) is 12.4 Å². The highest BCUT2D eigenvalue weighted by atomic mass is 16.5. The summed E-state index contributed by atoms with van der Waals surface area (Å²) < 4.78 is 6.66. The van der Waals surface area contributed by atoms with Gasteiger partial charge in [0.2, 0.25) is 5.91 Å². The second-order valence-corrected chi connectivity index (χ2v) is 3.34. The summed E-state index contributed by atoms with van der Waals surface area (Å²) >= 11 is 0. The van der Waals surface area contributed by atoms with Crippen molar-refractivity contribution in [1.29, 1.82) is 0 Å². The fourth-order valence-corrected chi connectivity index (χ4v) is 1.31. The summed E-state index contributed by atoms with van der Waals surface area (Å²) in [7, 11) is 3.45. The quantitative estimate of drug-likeness (QED) is 0.607. The number of imidazole rings is 1. The van der Waals surface area contributed by atoms with Gasteiger partial charge in [0.15, 0.2) is 0 Å². The number of methoxy groups -OCH3 is 1. The Morgan fingerprint density at radius 2 is 2.44 bits per heavy atom. The van der Waals surface area contributed by atoms with Crippen molar-refractivity contribution in [2.45, 2.75) is 13.1 Å². The zero-order valence-electron chi connectivity index (χ0n) is 9.69. The van der Waals surface area contributed by atoms with Crippen LogP contribution in [0.3, 0.4) is 0 Å². The Hall–Kier alpha value is -1.40. The molecule has 6 nitrogen and oxygen atoms in total. The highest BCUT2D eigenvalue weighted by molar-refractivity contribution is 5.75. The minimum Gasteiger partial charge on any atom is -0.383 e. The third kappa shape index (κ3) is 4.00. The molecule has 0 unspecified atom stereocenters. The van der Waals surface area contributed by atoms with Crippen LogP contribution >= 0.6 is 0 Å². The van der Waals surface area contributed by atoms with Crippen molar-refractivity contribution >= 4 is 5.91 Å². The van der Waals surface area contributed by atoms with E-state index in [0.29, 0.717) is 26.2 Å². The number of hydrogen-bond donors (Lipinski definition) is 2. The Kier molecular flexibility index (Phi) is 5.52. The first kappa shape index (κ1) is 12.7. The van der Waals surface area contributed by atoms with E-state index < -0.39 is 0 Å². The van der Waals surface area contributed by atoms with Crippen molar-refractivity contribution < 1.29 is 9.53 Å². The van der Waals surface area contributed by atoms with E-state index in [4.69, 9.17) is 4.74 Å². The van der Waals surface area contributed by atoms with Gasteiger partial charge in [0, 0.05) is 26.0 Å². The van der Waals surface area contributed by atoms with Gasteiger partial charge in [-0.1, -0.05) is 0 Å². The molecular weight excluding hydrogens is 208 g/mol. The summed E-state index contributed by atoms with van der Waals surface area (Å²) in [5.74, 6) is 0.816. The van der Waals surface area contributed by atoms with Crippen molar-refractivity contribution in [2.75, 3.05) is 27.3 Å². The molecule has 1 rings (SSSR count). The molecule has 1 amide bonds. The lowest BCUT2D eigenvalue weighted by Crippen LogP contribution is -2.31. The molecule has 0 aliphatic carbocycles. The molecule has 0 saturated heterocycles. The van der Waals surface area contributed by atoms with Crippen LogP contribution < -0.4 is 10.6 Å². The van der Waals surface area contributed by atoms with Gasteiger partial charge in [-0.3, -0.25) is 4.79 Å². The van der Waals surface area contributed by atoms with Crippen LogP contribution in [0.15, 0.2) is 12.4 Å². The smallest absolute Gasteiger partial charge is 0.240 e. The van der Waals surface area contributed by atoms with Crippen LogP contribution in [0.25, 0.3) is 0 Å². The summed E-state index contributed by atoms with van der Waals surface area (Å²) in [6.45, 7) is 2.00. The average Bonchev–Trinajstić information content (AvgIpc) is 2.67. The summed E-state index contributed by atoms with van der Waals surface area (Å²) in [6.07, 6.45) is 3.48. The molecule has 90 valence electrons. The fraction of sp³-hybridized carbons (Fsp3) is 0.600. The molecule has 1 heterocycles. The van der Waals surface area contributed by atoms with Gasteiger partial charge in [-0.15, -0.1) is 0 Å². The molecule has 1 aromatic heterocycles. The lowest BCUT2D eigenvalue weighted by atomic mass is 10.5. The lowest BCUT2D eigenvalue weighted by molar-refractivity contribution is -0.121. The van der Waals surface area contributed by atoms with Crippen LogP contribution in [-0.4, -0.2) is 42.8 Å². The summed E-state index contributed by atoms with van der Waals surface area (Å²) in [4.78, 5) is 15.7. The second-order valence-electron chi connectivity index (χ2n) is 3.34. The molecule has 0 atom stereocenters. The van der Waals surface area contributed by atoms with E-state index in [1.807, 2.05) is 11.6 Å². The SMILES string of the molecule is CNCc1nccn1CC(=O)NCCOC. The fourth-order valence-electron chi connectivity index (χ4n) is 1.31. The first-order chi connectivity index (χ1) is 7.77. The maximum absolute atomic E-state index is 11.5. The van der Waals surface area contributed by atoms with Crippen molar-refractivity contribution in [1.82, 2.24) is 20.2 Å². The lowest BCUT2D eigenvalue weighted by Gasteiger charge is -2.08. The number of carbonyl (C=O) groups is 1. The Morgan fingerprint density at radius 1 is 1.62 bits per heavy atom. The topological polar surface area (TPSA) is 68.2 Å². The predicted octanol–water partition coefficient (Wildman–Crippen LogP) is -0.635. The number of hydrogen-bond acceptors (Lipinski definition) is 4. The Bertz CT molecular complexity index is 324. The van der Waals surface area contributed by atoms with Crippen molar-refractivity contribution in [3.63, 3.8) is 0 Å². The average molecular weight is 226 g/mol. The molecule has 0 saturated carbocycles. The Morgan fingerprint density at radius 3 is 3.12 bits per heavy atom. The molecule has 6 heteroatoms. The van der Waals surface area contributed by atoms with Gasteiger partial charge in [-0.2, -0.15) is 0 Å². The van der Waals surface area contributed by atoms with E-state index in [0.717, 1.165) is 5.82 Å². The van der Waals surface area contributed by atoms with Gasteiger partial charge < -0.3 is 19.9 Å². The number of aromatic nitrogens is 2. The monoisotopic (exact) mass is 226 g/mol. The Labute approximate surface area is 95.0 Å². The van der Waals surface area contributed by atoms with E-state index >= 15 is 0 Å². The number of carbonyl (C=O) groups excluding carboxylic acids is 1. The van der Waals surface area contributed by atoms with Crippen LogP contribution in [0.5, 0.6) is 0 Å². The van der Waals surface area contributed by atoms with Gasteiger partial charge in [-0.25, -0.2) is 4.98 Å². The van der Waals surface area contributed by atoms with E-state index in [1.54, 1.807) is 19.5 Å². The van der Waals surface area contributed by atoms with Gasteiger partial charge in [0.05, 0.1) is 13.2 Å². The van der Waals surface area contributed by atoms with Crippen molar-refractivity contribution in [3.05, 3.63) is 18.2 Å². The number of amides is 1. The largest absolute Gasteiger partial charge is 0.383 e. The van der Waals surface area contributed by atoms with Gasteiger partial charge >= 0.3 is 0 Å². The van der Waals surface area contributed by atoms with Crippen LogP contribution in [0.4, 0.5) is 0 Å². The molecule has 2 N–H and O–H groups in total. The number of nitrogens with one attached hydrogen (secondary N) is 2. The number of nitrogens with zero attached hydrogens (tertiary/aromatic N) is 2. The molecule has 0 bridgehead atoms. The van der Waals surface area contributed by atoms with Gasteiger partial charge in [-0.05, 0) is 7.05 Å². The van der Waals surface area contributed by atoms with Crippen LogP contribution in [0.1, 0.15) is 5.82 Å². The highest BCUT2D eigenvalue weighted by Crippen LogP contribution is 1.96. The van der Waals surface area contributed by atoms with E-state index in [-0.39, 0.29) is 5.91 Å². The van der Waals surface area contributed by atoms with E-state index in [9.17, 15) is 4.79 Å². The second kappa shape index (κ2) is 6.97. The Balaban J connectivity index is 2.39. The minimum absolute atomic E-state index is 0.0348. The molecule has 0 spiro atoms. The zero-order valence-corrected chi connectivity index (χ0v) is 9.69. The molecule has 0 aromatic carbocycles. The van der Waals surface area contributed by atoms with Gasteiger partial charge in [0.25, 0.3) is 0 Å². The van der Waals surface area contributed by atoms with Crippen molar-refractivity contribution in [2.24, 2.45) is 0 Å². The summed E-state index contributed by atoms with van der Waals surface area (Å²) in [6, 6.07) is 0. The molecule has 1 aromatic rings. The maximum atomic E-state index is 11.5. The molecule has 0 aliphatic rings. The van der Waals surface area contributed by atoms with Crippen LogP contribution in [0, 0.1) is 0 Å². The van der Waals surface area contributed by atoms with E-state index in [1.165, 1.54) is 0 Å². The molecule has 0 fully saturated rings. The molecule has 0 radical (unpaired) electrons.